The quantitative estimate of drug-likeness (QED) is 0.0321. The van der Waals surface area contributed by atoms with Crippen LogP contribution in [-0.4, -0.2) is 47.4 Å². The number of aliphatic hydroxyl groups excluding tert-OH is 2. The van der Waals surface area contributed by atoms with Crippen LogP contribution in [0.25, 0.3) is 0 Å². The van der Waals surface area contributed by atoms with Crippen molar-refractivity contribution >= 4 is 11.9 Å². The maximum absolute atomic E-state index is 12.5. The molecule has 0 aromatic heterocycles. The second-order valence-corrected chi connectivity index (χ2v) is 21.4. The first-order chi connectivity index (χ1) is 34.0. The SMILES string of the molecule is CCCCCC/C=C\CCCCCCCC(=O)OCCCCCCCCCCCCC/C=C\CCCCCCCCCC(=O)NC(CO)C(O)CCCCCCCCCCCCCCCCCCC. The fraction of sp³-hybridized carbons (Fsp3) is 0.905. The molecule has 6 nitrogen and oxygen atoms in total. The zero-order valence-corrected chi connectivity index (χ0v) is 46.6. The third kappa shape index (κ3) is 55.5. The summed E-state index contributed by atoms with van der Waals surface area (Å²) in [5.74, 6) is -0.0386. The Labute approximate surface area is 431 Å². The molecule has 0 aliphatic rings. The number of amides is 1. The van der Waals surface area contributed by atoms with Gasteiger partial charge in [0.05, 0.1) is 25.4 Å². The van der Waals surface area contributed by atoms with Crippen LogP contribution in [-0.2, 0) is 14.3 Å². The zero-order valence-electron chi connectivity index (χ0n) is 46.6. The molecule has 0 saturated heterocycles. The van der Waals surface area contributed by atoms with Crippen LogP contribution in [0.2, 0.25) is 0 Å². The number of rotatable bonds is 58. The molecule has 2 unspecified atom stereocenters. The monoisotopic (exact) mass is 972 g/mol. The van der Waals surface area contributed by atoms with Crippen molar-refractivity contribution in [2.75, 3.05) is 13.2 Å². The highest BCUT2D eigenvalue weighted by Gasteiger charge is 2.20. The van der Waals surface area contributed by atoms with Crippen LogP contribution in [0.4, 0.5) is 0 Å². The van der Waals surface area contributed by atoms with E-state index in [4.69, 9.17) is 4.74 Å². The van der Waals surface area contributed by atoms with Crippen molar-refractivity contribution in [2.24, 2.45) is 0 Å². The number of carbonyl (C=O) groups excluding carboxylic acids is 2. The Morgan fingerprint density at radius 3 is 1.04 bits per heavy atom. The van der Waals surface area contributed by atoms with Crippen LogP contribution in [0.5, 0.6) is 0 Å². The predicted octanol–water partition coefficient (Wildman–Crippen LogP) is 19.4. The number of unbranched alkanes of at least 4 members (excludes halogenated alkanes) is 43. The van der Waals surface area contributed by atoms with Gasteiger partial charge in [-0.25, -0.2) is 0 Å². The van der Waals surface area contributed by atoms with Gasteiger partial charge < -0.3 is 20.3 Å². The summed E-state index contributed by atoms with van der Waals surface area (Å²) in [6.07, 6.45) is 71.8. The zero-order chi connectivity index (χ0) is 50.0. The van der Waals surface area contributed by atoms with Crippen molar-refractivity contribution in [2.45, 2.75) is 353 Å². The third-order valence-electron chi connectivity index (χ3n) is 14.5. The first kappa shape index (κ1) is 67.3. The van der Waals surface area contributed by atoms with E-state index >= 15 is 0 Å². The van der Waals surface area contributed by atoms with Gasteiger partial charge in [0.25, 0.3) is 0 Å². The van der Waals surface area contributed by atoms with E-state index in [9.17, 15) is 19.8 Å². The topological polar surface area (TPSA) is 95.9 Å². The Balaban J connectivity index is 3.42. The number of hydrogen-bond acceptors (Lipinski definition) is 5. The Bertz CT molecular complexity index is 1080. The van der Waals surface area contributed by atoms with Crippen molar-refractivity contribution in [1.82, 2.24) is 5.32 Å². The van der Waals surface area contributed by atoms with E-state index in [2.05, 4.69) is 43.5 Å². The van der Waals surface area contributed by atoms with Gasteiger partial charge in [-0.1, -0.05) is 276 Å². The summed E-state index contributed by atoms with van der Waals surface area (Å²) in [5.41, 5.74) is 0. The maximum Gasteiger partial charge on any atom is 0.305 e. The Kier molecular flexibility index (Phi) is 57.5. The molecular weight excluding hydrogens is 851 g/mol. The molecule has 0 fully saturated rings. The molecular formula is C63H121NO5. The number of nitrogens with one attached hydrogen (secondary N) is 1. The Morgan fingerprint density at radius 2 is 0.681 bits per heavy atom. The lowest BCUT2D eigenvalue weighted by molar-refractivity contribution is -0.143. The normalized spacial score (nSPS) is 12.7. The van der Waals surface area contributed by atoms with Gasteiger partial charge in [-0.15, -0.1) is 0 Å². The molecule has 1 amide bonds. The number of aliphatic hydroxyl groups is 2. The molecule has 3 N–H and O–H groups in total. The summed E-state index contributed by atoms with van der Waals surface area (Å²) in [4.78, 5) is 24.5. The standard InChI is InChI=1S/C63H121NO5/c1-3-5-7-9-11-13-15-17-18-25-28-32-35-39-43-47-51-55-61(66)60(59-65)64-62(67)56-52-48-44-40-36-33-29-26-23-21-19-20-22-24-27-30-34-38-42-46-50-54-58-69-63(68)57-53-49-45-41-37-31-16-14-12-10-8-6-4-2/h14,16,21,23,60-61,65-66H,3-13,15,17-20,22,24-59H2,1-2H3,(H,64,67)/b16-14-,23-21-. The summed E-state index contributed by atoms with van der Waals surface area (Å²) in [5, 5.41) is 23.3. The molecule has 0 saturated carbocycles. The van der Waals surface area contributed by atoms with Gasteiger partial charge in [-0.05, 0) is 77.0 Å². The molecule has 0 bridgehead atoms. The number of carbonyl (C=O) groups is 2. The minimum Gasteiger partial charge on any atom is -0.466 e. The van der Waals surface area contributed by atoms with Crippen LogP contribution in [0, 0.1) is 0 Å². The third-order valence-corrected chi connectivity index (χ3v) is 14.5. The molecule has 0 spiro atoms. The van der Waals surface area contributed by atoms with Crippen LogP contribution in [0.1, 0.15) is 341 Å². The molecule has 0 aliphatic heterocycles. The molecule has 0 rings (SSSR count). The largest absolute Gasteiger partial charge is 0.466 e. The fourth-order valence-electron chi connectivity index (χ4n) is 9.69. The van der Waals surface area contributed by atoms with E-state index in [1.807, 2.05) is 0 Å². The minimum atomic E-state index is -0.669. The van der Waals surface area contributed by atoms with E-state index in [0.29, 0.717) is 25.9 Å². The van der Waals surface area contributed by atoms with Crippen molar-refractivity contribution in [3.8, 4) is 0 Å². The van der Waals surface area contributed by atoms with Crippen molar-refractivity contribution in [3.63, 3.8) is 0 Å². The van der Waals surface area contributed by atoms with Gasteiger partial charge in [-0.3, -0.25) is 9.59 Å². The second-order valence-electron chi connectivity index (χ2n) is 21.4. The Hall–Kier alpha value is -1.66. The predicted molar refractivity (Wildman–Crippen MR) is 301 cm³/mol. The minimum absolute atomic E-state index is 0.00107. The number of esters is 1. The van der Waals surface area contributed by atoms with E-state index < -0.39 is 12.1 Å². The number of ether oxygens (including phenoxy) is 1. The lowest BCUT2D eigenvalue weighted by Gasteiger charge is -2.22. The summed E-state index contributed by atoms with van der Waals surface area (Å²) in [7, 11) is 0. The highest BCUT2D eigenvalue weighted by atomic mass is 16.5. The summed E-state index contributed by atoms with van der Waals surface area (Å²) < 4.78 is 5.47. The van der Waals surface area contributed by atoms with Crippen molar-refractivity contribution in [1.29, 1.82) is 0 Å². The molecule has 0 radical (unpaired) electrons. The number of hydrogen-bond donors (Lipinski definition) is 3. The van der Waals surface area contributed by atoms with E-state index in [1.54, 1.807) is 0 Å². The Morgan fingerprint density at radius 1 is 0.391 bits per heavy atom. The van der Waals surface area contributed by atoms with Gasteiger partial charge in [0.15, 0.2) is 0 Å². The summed E-state index contributed by atoms with van der Waals surface area (Å²) >= 11 is 0. The van der Waals surface area contributed by atoms with Gasteiger partial charge >= 0.3 is 5.97 Å². The van der Waals surface area contributed by atoms with Crippen LogP contribution in [0.3, 0.4) is 0 Å². The maximum atomic E-state index is 12.5. The average molecular weight is 973 g/mol. The average Bonchev–Trinajstić information content (AvgIpc) is 3.35. The van der Waals surface area contributed by atoms with E-state index in [1.165, 1.54) is 263 Å². The molecule has 69 heavy (non-hydrogen) atoms. The molecule has 6 heteroatoms. The first-order valence-electron chi connectivity index (χ1n) is 31.1. The van der Waals surface area contributed by atoms with Gasteiger partial charge in [0, 0.05) is 12.8 Å². The van der Waals surface area contributed by atoms with E-state index in [0.717, 1.165) is 44.9 Å². The lowest BCUT2D eigenvalue weighted by atomic mass is 10.0. The molecule has 0 heterocycles. The van der Waals surface area contributed by atoms with Crippen molar-refractivity contribution in [3.05, 3.63) is 24.3 Å². The lowest BCUT2D eigenvalue weighted by Crippen LogP contribution is -2.45. The van der Waals surface area contributed by atoms with Gasteiger partial charge in [0.2, 0.25) is 5.91 Å². The van der Waals surface area contributed by atoms with Gasteiger partial charge in [-0.2, -0.15) is 0 Å². The van der Waals surface area contributed by atoms with Crippen LogP contribution in [0.15, 0.2) is 24.3 Å². The smallest absolute Gasteiger partial charge is 0.305 e. The summed E-state index contributed by atoms with van der Waals surface area (Å²) in [6.45, 7) is 4.95. The molecule has 0 aliphatic carbocycles. The fourth-order valence-corrected chi connectivity index (χ4v) is 9.69. The van der Waals surface area contributed by atoms with Crippen LogP contribution < -0.4 is 5.32 Å². The van der Waals surface area contributed by atoms with Crippen molar-refractivity contribution < 1.29 is 24.5 Å². The second kappa shape index (κ2) is 58.9. The molecule has 0 aromatic carbocycles. The molecule has 2 atom stereocenters. The molecule has 0 aromatic rings. The van der Waals surface area contributed by atoms with Gasteiger partial charge in [0.1, 0.15) is 0 Å². The molecule has 408 valence electrons. The highest BCUT2D eigenvalue weighted by molar-refractivity contribution is 5.76. The van der Waals surface area contributed by atoms with Crippen LogP contribution >= 0.6 is 0 Å². The first-order valence-corrected chi connectivity index (χ1v) is 31.1. The highest BCUT2D eigenvalue weighted by Crippen LogP contribution is 2.17. The summed E-state index contributed by atoms with van der Waals surface area (Å²) in [6, 6.07) is -0.547. The number of allylic oxidation sites excluding steroid dienone is 4. The van der Waals surface area contributed by atoms with E-state index in [-0.39, 0.29) is 18.5 Å².